The Kier molecular flexibility index (Phi) is 6.53. The molecule has 1 atom stereocenters. The molecule has 1 heterocycles. The van der Waals surface area contributed by atoms with E-state index in [9.17, 15) is 9.18 Å². The van der Waals surface area contributed by atoms with Crippen molar-refractivity contribution >= 4 is 5.91 Å². The van der Waals surface area contributed by atoms with Crippen molar-refractivity contribution < 1.29 is 9.18 Å². The van der Waals surface area contributed by atoms with E-state index in [1.165, 1.54) is 17.2 Å². The van der Waals surface area contributed by atoms with Crippen LogP contribution in [0.5, 0.6) is 0 Å². The van der Waals surface area contributed by atoms with Crippen molar-refractivity contribution in [1.82, 2.24) is 9.47 Å². The van der Waals surface area contributed by atoms with Gasteiger partial charge in [-0.3, -0.25) is 4.79 Å². The van der Waals surface area contributed by atoms with Crippen LogP contribution in [-0.4, -0.2) is 21.4 Å². The van der Waals surface area contributed by atoms with Gasteiger partial charge in [0.25, 0.3) is 5.91 Å². The fourth-order valence-electron chi connectivity index (χ4n) is 3.48. The van der Waals surface area contributed by atoms with Crippen LogP contribution in [0.4, 0.5) is 4.39 Å². The minimum Gasteiger partial charge on any atom is -0.345 e. The molecule has 152 valence electrons. The Balaban J connectivity index is 1.88. The Morgan fingerprint density at radius 1 is 1.03 bits per heavy atom. The highest BCUT2D eigenvalue weighted by Gasteiger charge is 2.26. The van der Waals surface area contributed by atoms with Crippen molar-refractivity contribution in [2.24, 2.45) is 5.92 Å². The number of aryl methyl sites for hydroxylation is 1. The van der Waals surface area contributed by atoms with Gasteiger partial charge >= 0.3 is 0 Å². The first-order valence-corrected chi connectivity index (χ1v) is 10.1. The molecule has 0 aliphatic heterocycles. The van der Waals surface area contributed by atoms with E-state index in [0.29, 0.717) is 6.54 Å². The van der Waals surface area contributed by atoms with Gasteiger partial charge in [-0.05, 0) is 49.6 Å². The lowest BCUT2D eigenvalue weighted by Crippen LogP contribution is -2.41. The molecule has 3 nitrogen and oxygen atoms in total. The molecule has 3 aromatic rings. The molecule has 0 aliphatic rings. The second-order valence-electron chi connectivity index (χ2n) is 8.01. The number of carbonyl (C=O) groups excluding carboxylic acids is 1. The molecule has 0 fully saturated rings. The summed E-state index contributed by atoms with van der Waals surface area (Å²) in [6.07, 6.45) is 2.03. The Bertz CT molecular complexity index is 976. The maximum atomic E-state index is 14.3. The fourth-order valence-corrected chi connectivity index (χ4v) is 3.48. The summed E-state index contributed by atoms with van der Waals surface area (Å²) in [6, 6.07) is 18.6. The smallest absolute Gasteiger partial charge is 0.257 e. The van der Waals surface area contributed by atoms with Crippen molar-refractivity contribution in [2.75, 3.05) is 0 Å². The van der Waals surface area contributed by atoms with Crippen molar-refractivity contribution in [3.63, 3.8) is 0 Å². The van der Waals surface area contributed by atoms with Crippen LogP contribution in [0.25, 0.3) is 0 Å². The fraction of sp³-hybridized carbons (Fsp3) is 0.320. The lowest BCUT2D eigenvalue weighted by Gasteiger charge is -2.32. The van der Waals surface area contributed by atoms with E-state index < -0.39 is 5.82 Å². The maximum Gasteiger partial charge on any atom is 0.257 e. The number of rotatable bonds is 7. The Morgan fingerprint density at radius 2 is 1.79 bits per heavy atom. The van der Waals surface area contributed by atoms with Crippen LogP contribution >= 0.6 is 0 Å². The van der Waals surface area contributed by atoms with E-state index >= 15 is 0 Å². The van der Waals surface area contributed by atoms with E-state index in [2.05, 4.69) is 49.6 Å². The molecule has 1 amide bonds. The number of amides is 1. The van der Waals surface area contributed by atoms with Crippen molar-refractivity contribution in [3.05, 3.63) is 95.1 Å². The number of carbonyl (C=O) groups is 1. The minimum atomic E-state index is -0.478. The molecule has 0 saturated carbocycles. The van der Waals surface area contributed by atoms with Crippen molar-refractivity contribution in [1.29, 1.82) is 0 Å². The first kappa shape index (κ1) is 20.8. The molecule has 0 saturated heterocycles. The molecule has 1 aromatic heterocycles. The molecule has 0 radical (unpaired) electrons. The van der Waals surface area contributed by atoms with Gasteiger partial charge in [-0.25, -0.2) is 4.39 Å². The van der Waals surface area contributed by atoms with Gasteiger partial charge in [-0.15, -0.1) is 0 Å². The summed E-state index contributed by atoms with van der Waals surface area (Å²) in [6.45, 7) is 9.44. The number of halogens is 1. The van der Waals surface area contributed by atoms with Crippen LogP contribution in [0.1, 0.15) is 48.0 Å². The Hall–Kier alpha value is -2.88. The first-order chi connectivity index (χ1) is 13.9. The summed E-state index contributed by atoms with van der Waals surface area (Å²) in [7, 11) is 0. The quantitative estimate of drug-likeness (QED) is 0.508. The summed E-state index contributed by atoms with van der Waals surface area (Å²) in [5.74, 6) is -0.493. The van der Waals surface area contributed by atoms with Gasteiger partial charge in [0.1, 0.15) is 5.82 Å². The standard InChI is InChI=1S/C25H29FN2O/c1-18(2)20(4)28(25(29)23-12-5-6-13-24(23)26)17-22-11-8-14-27(22)16-21-10-7-9-19(3)15-21/h5-15,18,20H,16-17H2,1-4H3/t20-/m0/s1. The summed E-state index contributed by atoms with van der Waals surface area (Å²) in [5.41, 5.74) is 3.59. The number of aromatic nitrogens is 1. The number of hydrogen-bond acceptors (Lipinski definition) is 1. The highest BCUT2D eigenvalue weighted by atomic mass is 19.1. The molecule has 4 heteroatoms. The molecule has 29 heavy (non-hydrogen) atoms. The first-order valence-electron chi connectivity index (χ1n) is 10.1. The van der Waals surface area contributed by atoms with Crippen molar-refractivity contribution in [3.8, 4) is 0 Å². The Morgan fingerprint density at radius 3 is 2.48 bits per heavy atom. The van der Waals surface area contributed by atoms with Gasteiger partial charge in [0.2, 0.25) is 0 Å². The predicted molar refractivity (Wildman–Crippen MR) is 115 cm³/mol. The average Bonchev–Trinajstić information content (AvgIpc) is 3.12. The molecule has 0 N–H and O–H groups in total. The van der Waals surface area contributed by atoms with Gasteiger partial charge in [0.15, 0.2) is 0 Å². The van der Waals surface area contributed by atoms with Crippen LogP contribution in [0.2, 0.25) is 0 Å². The highest BCUT2D eigenvalue weighted by molar-refractivity contribution is 5.94. The lowest BCUT2D eigenvalue weighted by molar-refractivity contribution is 0.0618. The molecule has 0 bridgehead atoms. The number of nitrogens with zero attached hydrogens (tertiary/aromatic N) is 2. The van der Waals surface area contributed by atoms with Gasteiger partial charge < -0.3 is 9.47 Å². The number of hydrogen-bond donors (Lipinski definition) is 0. The third kappa shape index (κ3) is 4.94. The van der Waals surface area contributed by atoms with E-state index in [4.69, 9.17) is 0 Å². The zero-order chi connectivity index (χ0) is 21.0. The van der Waals surface area contributed by atoms with Crippen LogP contribution in [-0.2, 0) is 13.1 Å². The van der Waals surface area contributed by atoms with Crippen LogP contribution in [0.15, 0.2) is 66.9 Å². The average molecular weight is 393 g/mol. The lowest BCUT2D eigenvalue weighted by atomic mass is 10.0. The summed E-state index contributed by atoms with van der Waals surface area (Å²) in [4.78, 5) is 15.0. The molecule has 3 rings (SSSR count). The maximum absolute atomic E-state index is 14.3. The number of benzene rings is 2. The summed E-state index contributed by atoms with van der Waals surface area (Å²) in [5, 5.41) is 0. The Labute approximate surface area is 172 Å². The van der Waals surface area contributed by atoms with Gasteiger partial charge in [0.05, 0.1) is 12.1 Å². The molecule has 0 unspecified atom stereocenters. The second-order valence-corrected chi connectivity index (χ2v) is 8.01. The zero-order valence-electron chi connectivity index (χ0n) is 17.6. The van der Waals surface area contributed by atoms with Crippen LogP contribution < -0.4 is 0 Å². The zero-order valence-corrected chi connectivity index (χ0v) is 17.6. The van der Waals surface area contributed by atoms with E-state index in [1.807, 2.05) is 25.3 Å². The minimum absolute atomic E-state index is 0.0237. The molecular formula is C25H29FN2O. The topological polar surface area (TPSA) is 25.2 Å². The van der Waals surface area contributed by atoms with E-state index in [0.717, 1.165) is 12.2 Å². The highest BCUT2D eigenvalue weighted by Crippen LogP contribution is 2.20. The SMILES string of the molecule is Cc1cccc(Cn2cccc2CN(C(=O)c2ccccc2F)[C@@H](C)C(C)C)c1. The second kappa shape index (κ2) is 9.08. The van der Waals surface area contributed by atoms with E-state index in [1.54, 1.807) is 23.1 Å². The molecular weight excluding hydrogens is 363 g/mol. The third-order valence-corrected chi connectivity index (χ3v) is 5.51. The third-order valence-electron chi connectivity index (χ3n) is 5.51. The molecule has 0 aliphatic carbocycles. The predicted octanol–water partition coefficient (Wildman–Crippen LogP) is 5.67. The van der Waals surface area contributed by atoms with E-state index in [-0.39, 0.29) is 23.4 Å². The van der Waals surface area contributed by atoms with Crippen LogP contribution in [0, 0.1) is 18.7 Å². The normalized spacial score (nSPS) is 12.2. The molecule has 2 aromatic carbocycles. The van der Waals surface area contributed by atoms with Gasteiger partial charge in [-0.2, -0.15) is 0 Å². The summed E-state index contributed by atoms with van der Waals surface area (Å²) < 4.78 is 16.5. The molecule has 0 spiro atoms. The van der Waals surface area contributed by atoms with Gasteiger partial charge in [-0.1, -0.05) is 55.8 Å². The summed E-state index contributed by atoms with van der Waals surface area (Å²) >= 11 is 0. The monoisotopic (exact) mass is 392 g/mol. The van der Waals surface area contributed by atoms with Gasteiger partial charge in [0, 0.05) is 24.5 Å². The van der Waals surface area contributed by atoms with Crippen molar-refractivity contribution in [2.45, 2.75) is 46.8 Å². The van der Waals surface area contributed by atoms with Crippen LogP contribution in [0.3, 0.4) is 0 Å². The largest absolute Gasteiger partial charge is 0.345 e.